The van der Waals surface area contributed by atoms with E-state index in [4.69, 9.17) is 4.74 Å². The third kappa shape index (κ3) is 3.60. The lowest BCUT2D eigenvalue weighted by molar-refractivity contribution is -0.000597. The Morgan fingerprint density at radius 2 is 2.00 bits per heavy atom. The topological polar surface area (TPSA) is 35.9 Å². The molecule has 1 heterocycles. The molecule has 0 bridgehead atoms. The maximum atomic E-state index is 9.21. The van der Waals surface area contributed by atoms with Gasteiger partial charge in [-0.1, -0.05) is 0 Å². The Balaban J connectivity index is 2.15. The minimum Gasteiger partial charge on any atom is -0.383 e. The Kier molecular flexibility index (Phi) is 4.66. The molecule has 13 heavy (non-hydrogen) atoms. The average Bonchev–Trinajstić information content (AvgIpc) is 2.15. The maximum absolute atomic E-state index is 9.21. The van der Waals surface area contributed by atoms with Crippen LogP contribution in [0.1, 0.15) is 0 Å². The van der Waals surface area contributed by atoms with Crippen molar-refractivity contribution in [3.63, 3.8) is 0 Å². The number of ether oxygens (including phenoxy) is 1. The molecule has 0 aliphatic carbocycles. The number of methoxy groups -OCH3 is 1. The van der Waals surface area contributed by atoms with Gasteiger partial charge in [-0.25, -0.2) is 0 Å². The van der Waals surface area contributed by atoms with Crippen molar-refractivity contribution in [1.29, 1.82) is 0 Å². The zero-order valence-electron chi connectivity index (χ0n) is 8.28. The molecule has 1 unspecified atom stereocenters. The van der Waals surface area contributed by atoms with E-state index >= 15 is 0 Å². The lowest BCUT2D eigenvalue weighted by atomic mass is 10.3. The Hall–Kier alpha value is -0.160. The Morgan fingerprint density at radius 1 is 1.38 bits per heavy atom. The van der Waals surface area contributed by atoms with Crippen LogP contribution in [-0.4, -0.2) is 67.6 Å². The minimum absolute atomic E-state index is 0.551. The molecule has 4 nitrogen and oxygen atoms in total. The van der Waals surface area contributed by atoms with Crippen LogP contribution in [0, 0.1) is 6.92 Å². The summed E-state index contributed by atoms with van der Waals surface area (Å²) < 4.78 is 5.00. The molecule has 0 aromatic rings. The molecule has 1 saturated heterocycles. The number of hydrogen-bond acceptors (Lipinski definition) is 4. The summed E-state index contributed by atoms with van der Waals surface area (Å²) in [6.07, 6.45) is -0.551. The van der Waals surface area contributed by atoms with Gasteiger partial charge in [0.05, 0.1) is 6.61 Å². The van der Waals surface area contributed by atoms with Crippen LogP contribution in [0.3, 0.4) is 0 Å². The van der Waals surface area contributed by atoms with Crippen molar-refractivity contribution in [2.45, 2.75) is 6.23 Å². The maximum Gasteiger partial charge on any atom is 0.107 e. The quantitative estimate of drug-likeness (QED) is 0.638. The Bertz CT molecular complexity index is 134. The standard InChI is InChI=1S/C9H19N2O2/c1-9(12)11-5-3-10(4-6-11)7-8-13-2/h9,12H,1,3-8H2,2H3. The van der Waals surface area contributed by atoms with Crippen molar-refractivity contribution in [1.82, 2.24) is 9.80 Å². The third-order valence-corrected chi connectivity index (χ3v) is 2.44. The molecule has 0 spiro atoms. The largest absolute Gasteiger partial charge is 0.383 e. The average molecular weight is 187 g/mol. The molecule has 0 aromatic carbocycles. The highest BCUT2D eigenvalue weighted by atomic mass is 16.5. The van der Waals surface area contributed by atoms with Crippen LogP contribution in [0.25, 0.3) is 0 Å². The van der Waals surface area contributed by atoms with Crippen molar-refractivity contribution in [2.24, 2.45) is 0 Å². The summed E-state index contributed by atoms with van der Waals surface area (Å²) in [7, 11) is 1.72. The first kappa shape index (κ1) is 10.9. The van der Waals surface area contributed by atoms with E-state index < -0.39 is 6.23 Å². The molecular formula is C9H19N2O2. The second-order valence-corrected chi connectivity index (χ2v) is 3.35. The van der Waals surface area contributed by atoms with Crippen LogP contribution in [0.2, 0.25) is 0 Å². The van der Waals surface area contributed by atoms with Gasteiger partial charge >= 0.3 is 0 Å². The minimum atomic E-state index is -0.551. The summed E-state index contributed by atoms with van der Waals surface area (Å²) in [5.41, 5.74) is 0. The van der Waals surface area contributed by atoms with Crippen LogP contribution >= 0.6 is 0 Å². The third-order valence-electron chi connectivity index (χ3n) is 2.44. The first-order valence-electron chi connectivity index (χ1n) is 4.70. The van der Waals surface area contributed by atoms with Gasteiger partial charge < -0.3 is 9.84 Å². The van der Waals surface area contributed by atoms with Gasteiger partial charge in [-0.3, -0.25) is 9.80 Å². The molecule has 1 N–H and O–H groups in total. The highest BCUT2D eigenvalue weighted by molar-refractivity contribution is 4.74. The van der Waals surface area contributed by atoms with Crippen molar-refractivity contribution >= 4 is 0 Å². The van der Waals surface area contributed by atoms with E-state index in [-0.39, 0.29) is 0 Å². The van der Waals surface area contributed by atoms with Gasteiger partial charge in [0.1, 0.15) is 6.23 Å². The Morgan fingerprint density at radius 3 is 2.46 bits per heavy atom. The van der Waals surface area contributed by atoms with Gasteiger partial charge in [-0.2, -0.15) is 0 Å². The second kappa shape index (κ2) is 5.54. The van der Waals surface area contributed by atoms with Gasteiger partial charge in [-0.15, -0.1) is 0 Å². The van der Waals surface area contributed by atoms with Crippen molar-refractivity contribution in [3.05, 3.63) is 6.92 Å². The molecule has 0 saturated carbocycles. The van der Waals surface area contributed by atoms with Crippen LogP contribution in [0.4, 0.5) is 0 Å². The van der Waals surface area contributed by atoms with Crippen molar-refractivity contribution in [3.8, 4) is 0 Å². The van der Waals surface area contributed by atoms with Crippen LogP contribution in [0.15, 0.2) is 0 Å². The summed E-state index contributed by atoms with van der Waals surface area (Å²) in [6.45, 7) is 9.14. The predicted octanol–water partition coefficient (Wildman–Crippen LogP) is -0.597. The van der Waals surface area contributed by atoms with E-state index in [1.54, 1.807) is 7.11 Å². The fourth-order valence-electron chi connectivity index (χ4n) is 1.51. The molecule has 1 rings (SSSR count). The number of piperazine rings is 1. The monoisotopic (exact) mass is 187 g/mol. The lowest BCUT2D eigenvalue weighted by Crippen LogP contribution is -2.50. The number of rotatable bonds is 4. The SMILES string of the molecule is [CH2]C(O)N1CCN(CCOC)CC1. The number of nitrogens with zero attached hydrogens (tertiary/aromatic N) is 2. The summed E-state index contributed by atoms with van der Waals surface area (Å²) in [5.74, 6) is 0. The normalized spacial score (nSPS) is 23.3. The predicted molar refractivity (Wildman–Crippen MR) is 51.3 cm³/mol. The summed E-state index contributed by atoms with van der Waals surface area (Å²) >= 11 is 0. The van der Waals surface area contributed by atoms with Gasteiger partial charge in [0.25, 0.3) is 0 Å². The second-order valence-electron chi connectivity index (χ2n) is 3.35. The highest BCUT2D eigenvalue weighted by Gasteiger charge is 2.18. The van der Waals surface area contributed by atoms with E-state index in [2.05, 4.69) is 11.8 Å². The molecule has 77 valence electrons. The molecule has 0 amide bonds. The zero-order chi connectivity index (χ0) is 9.68. The Labute approximate surface area is 80.1 Å². The van der Waals surface area contributed by atoms with Crippen LogP contribution < -0.4 is 0 Å². The van der Waals surface area contributed by atoms with Crippen molar-refractivity contribution < 1.29 is 9.84 Å². The van der Waals surface area contributed by atoms with E-state index in [1.165, 1.54) is 0 Å². The van der Waals surface area contributed by atoms with Crippen molar-refractivity contribution in [2.75, 3.05) is 46.4 Å². The highest BCUT2D eigenvalue weighted by Crippen LogP contribution is 2.03. The van der Waals surface area contributed by atoms with E-state index in [1.807, 2.05) is 4.90 Å². The van der Waals surface area contributed by atoms with E-state index in [0.717, 1.165) is 39.3 Å². The molecule has 1 atom stereocenters. The van der Waals surface area contributed by atoms with Gasteiger partial charge in [0.2, 0.25) is 0 Å². The molecule has 1 aliphatic rings. The fraction of sp³-hybridized carbons (Fsp3) is 0.889. The number of hydrogen-bond donors (Lipinski definition) is 1. The fourth-order valence-corrected chi connectivity index (χ4v) is 1.51. The molecule has 1 aliphatic heterocycles. The molecule has 1 radical (unpaired) electrons. The van der Waals surface area contributed by atoms with Gasteiger partial charge in [0, 0.05) is 39.8 Å². The van der Waals surface area contributed by atoms with Crippen LogP contribution in [0.5, 0.6) is 0 Å². The molecule has 0 aromatic heterocycles. The number of aliphatic hydroxyl groups is 1. The summed E-state index contributed by atoms with van der Waals surface area (Å²) in [4.78, 5) is 4.31. The lowest BCUT2D eigenvalue weighted by Gasteiger charge is -2.35. The smallest absolute Gasteiger partial charge is 0.107 e. The summed E-state index contributed by atoms with van der Waals surface area (Å²) in [6, 6.07) is 0. The molecular weight excluding hydrogens is 168 g/mol. The summed E-state index contributed by atoms with van der Waals surface area (Å²) in [5, 5.41) is 9.21. The van der Waals surface area contributed by atoms with Crippen LogP contribution in [-0.2, 0) is 4.74 Å². The first-order chi connectivity index (χ1) is 6.24. The molecule has 1 fully saturated rings. The zero-order valence-corrected chi connectivity index (χ0v) is 8.28. The van der Waals surface area contributed by atoms with E-state index in [9.17, 15) is 5.11 Å². The van der Waals surface area contributed by atoms with Gasteiger partial charge in [-0.05, 0) is 6.92 Å². The van der Waals surface area contributed by atoms with E-state index in [0.29, 0.717) is 0 Å². The van der Waals surface area contributed by atoms with Gasteiger partial charge in [0.15, 0.2) is 0 Å². The first-order valence-corrected chi connectivity index (χ1v) is 4.70. The number of aliphatic hydroxyl groups excluding tert-OH is 1. The molecule has 4 heteroatoms.